The molecular weight excluding hydrogens is 436 g/mol. The monoisotopic (exact) mass is 456 g/mol. The summed E-state index contributed by atoms with van der Waals surface area (Å²) in [5.41, 5.74) is 0.933. The van der Waals surface area contributed by atoms with E-state index in [1.54, 1.807) is 29.1 Å². The van der Waals surface area contributed by atoms with Gasteiger partial charge in [0.1, 0.15) is 16.3 Å². The van der Waals surface area contributed by atoms with Crippen molar-refractivity contribution in [1.29, 1.82) is 0 Å². The molecule has 4 aromatic rings. The van der Waals surface area contributed by atoms with Gasteiger partial charge in [0.2, 0.25) is 0 Å². The van der Waals surface area contributed by atoms with Gasteiger partial charge < -0.3 is 9.47 Å². The molecule has 4 rings (SSSR count). The van der Waals surface area contributed by atoms with Crippen LogP contribution in [0.4, 0.5) is 0 Å². The van der Waals surface area contributed by atoms with Crippen LogP contribution in [-0.2, 0) is 6.54 Å². The number of benzene rings is 1. The van der Waals surface area contributed by atoms with Gasteiger partial charge in [0.25, 0.3) is 5.56 Å². The van der Waals surface area contributed by atoms with Gasteiger partial charge in [0.05, 0.1) is 19.1 Å². The minimum absolute atomic E-state index is 0.0249. The molecule has 0 fully saturated rings. The van der Waals surface area contributed by atoms with Crippen molar-refractivity contribution in [3.63, 3.8) is 0 Å². The second-order valence-corrected chi connectivity index (χ2v) is 9.15. The molecule has 3 aromatic heterocycles. The van der Waals surface area contributed by atoms with Crippen LogP contribution in [0.5, 0.6) is 11.5 Å². The van der Waals surface area contributed by atoms with Gasteiger partial charge in [0, 0.05) is 28.1 Å². The highest BCUT2D eigenvalue weighted by atomic mass is 32.2. The second kappa shape index (κ2) is 9.51. The minimum atomic E-state index is -0.0249. The first kappa shape index (κ1) is 20.7. The summed E-state index contributed by atoms with van der Waals surface area (Å²) in [7, 11) is 1.64. The van der Waals surface area contributed by atoms with Crippen molar-refractivity contribution in [2.24, 2.45) is 0 Å². The summed E-state index contributed by atoms with van der Waals surface area (Å²) in [4.78, 5) is 19.9. The van der Waals surface area contributed by atoms with Gasteiger partial charge in [-0.3, -0.25) is 9.36 Å². The van der Waals surface area contributed by atoms with Gasteiger partial charge in [-0.15, -0.1) is 29.3 Å². The number of methoxy groups -OCH3 is 1. The van der Waals surface area contributed by atoms with Gasteiger partial charge in [-0.25, -0.2) is 4.98 Å². The number of rotatable bonds is 9. The Bertz CT molecular complexity index is 1200. The van der Waals surface area contributed by atoms with E-state index in [0.717, 1.165) is 26.8 Å². The molecule has 3 heterocycles. The number of thioether (sulfide) groups is 1. The van der Waals surface area contributed by atoms with Gasteiger partial charge in [-0.2, -0.15) is 0 Å². The Balaban J connectivity index is 1.53. The van der Waals surface area contributed by atoms with E-state index in [-0.39, 0.29) is 5.56 Å². The maximum Gasteiger partial charge on any atom is 0.263 e. The molecule has 0 aliphatic heterocycles. The van der Waals surface area contributed by atoms with Gasteiger partial charge >= 0.3 is 0 Å². The molecule has 0 saturated heterocycles. The van der Waals surface area contributed by atoms with E-state index in [2.05, 4.69) is 6.58 Å². The third kappa shape index (κ3) is 4.30. The zero-order valence-corrected chi connectivity index (χ0v) is 18.8. The van der Waals surface area contributed by atoms with Crippen molar-refractivity contribution >= 4 is 44.7 Å². The number of nitrogens with zero attached hydrogens (tertiary/aromatic N) is 2. The lowest BCUT2D eigenvalue weighted by Crippen LogP contribution is -2.22. The zero-order valence-electron chi connectivity index (χ0n) is 16.4. The van der Waals surface area contributed by atoms with E-state index in [1.165, 1.54) is 23.1 Å². The molecule has 0 N–H and O–H groups in total. The third-order valence-corrected chi connectivity index (χ3v) is 7.12. The van der Waals surface area contributed by atoms with Crippen LogP contribution in [0.3, 0.4) is 0 Å². The topological polar surface area (TPSA) is 53.4 Å². The Morgan fingerprint density at radius 2 is 2.00 bits per heavy atom. The molecular formula is C22H20N2O3S3. The zero-order chi connectivity index (χ0) is 20.9. The average Bonchev–Trinajstić information content (AvgIpc) is 3.44. The van der Waals surface area contributed by atoms with Crippen LogP contribution in [0.25, 0.3) is 20.7 Å². The molecule has 0 saturated carbocycles. The second-order valence-electron chi connectivity index (χ2n) is 6.28. The highest BCUT2D eigenvalue weighted by Crippen LogP contribution is 2.34. The van der Waals surface area contributed by atoms with E-state index in [9.17, 15) is 4.79 Å². The molecule has 0 spiro atoms. The number of hydrogen-bond donors (Lipinski definition) is 0. The molecule has 5 nitrogen and oxygen atoms in total. The number of aromatic nitrogens is 2. The molecule has 8 heteroatoms. The Morgan fingerprint density at radius 3 is 2.70 bits per heavy atom. The normalized spacial score (nSPS) is 11.0. The lowest BCUT2D eigenvalue weighted by molar-refractivity contribution is 0.342. The molecule has 0 radical (unpaired) electrons. The fourth-order valence-corrected chi connectivity index (χ4v) is 5.61. The van der Waals surface area contributed by atoms with Gasteiger partial charge in [0.15, 0.2) is 5.16 Å². The molecule has 0 bridgehead atoms. The molecule has 1 aromatic carbocycles. The minimum Gasteiger partial charge on any atom is -0.497 e. The summed E-state index contributed by atoms with van der Waals surface area (Å²) in [5.74, 6) is 2.24. The summed E-state index contributed by atoms with van der Waals surface area (Å²) in [6.07, 6.45) is 1.73. The predicted molar refractivity (Wildman–Crippen MR) is 127 cm³/mol. The number of thiophene rings is 2. The molecule has 0 unspecified atom stereocenters. The highest BCUT2D eigenvalue weighted by Gasteiger charge is 2.17. The van der Waals surface area contributed by atoms with E-state index in [4.69, 9.17) is 14.5 Å². The van der Waals surface area contributed by atoms with Crippen LogP contribution < -0.4 is 15.0 Å². The maximum atomic E-state index is 13.3. The predicted octanol–water partition coefficient (Wildman–Crippen LogP) is 5.55. The van der Waals surface area contributed by atoms with Crippen molar-refractivity contribution < 1.29 is 9.47 Å². The number of allylic oxidation sites excluding steroid dienone is 1. The highest BCUT2D eigenvalue weighted by molar-refractivity contribution is 7.99. The number of fused-ring (bicyclic) bond motifs is 1. The van der Waals surface area contributed by atoms with Crippen LogP contribution in [0.15, 0.2) is 69.8 Å². The Hall–Kier alpha value is -2.55. The van der Waals surface area contributed by atoms with E-state index in [1.807, 2.05) is 47.2 Å². The number of ether oxygens (including phenoxy) is 2. The summed E-state index contributed by atoms with van der Waals surface area (Å²) in [6.45, 7) is 4.73. The van der Waals surface area contributed by atoms with Crippen LogP contribution >= 0.6 is 34.4 Å². The van der Waals surface area contributed by atoms with Gasteiger partial charge in [-0.05, 0) is 35.7 Å². The molecule has 0 aliphatic rings. The fourth-order valence-electron chi connectivity index (χ4n) is 2.98. The molecule has 154 valence electrons. The van der Waals surface area contributed by atoms with E-state index in [0.29, 0.717) is 29.4 Å². The number of hydrogen-bond acceptors (Lipinski definition) is 7. The van der Waals surface area contributed by atoms with Crippen LogP contribution in [0.1, 0.15) is 0 Å². The molecule has 30 heavy (non-hydrogen) atoms. The summed E-state index contributed by atoms with van der Waals surface area (Å²) in [6, 6.07) is 11.5. The van der Waals surface area contributed by atoms with Gasteiger partial charge in [-0.1, -0.05) is 23.9 Å². The largest absolute Gasteiger partial charge is 0.497 e. The SMILES string of the molecule is C=CCn1c(SCCOc2ccc(OC)cc2)nc2scc(-c3cccs3)c2c1=O. The van der Waals surface area contributed by atoms with Crippen molar-refractivity contribution in [1.82, 2.24) is 9.55 Å². The van der Waals surface area contributed by atoms with Crippen molar-refractivity contribution in [3.05, 3.63) is 70.2 Å². The lowest BCUT2D eigenvalue weighted by Gasteiger charge is -2.11. The average molecular weight is 457 g/mol. The smallest absolute Gasteiger partial charge is 0.263 e. The Morgan fingerprint density at radius 1 is 1.20 bits per heavy atom. The lowest BCUT2D eigenvalue weighted by atomic mass is 10.2. The summed E-state index contributed by atoms with van der Waals surface area (Å²) in [5, 5.41) is 5.40. The van der Waals surface area contributed by atoms with Crippen molar-refractivity contribution in [3.8, 4) is 21.9 Å². The maximum absolute atomic E-state index is 13.3. The first-order valence-electron chi connectivity index (χ1n) is 9.27. The first-order chi connectivity index (χ1) is 14.7. The summed E-state index contributed by atoms with van der Waals surface area (Å²) < 4.78 is 12.6. The van der Waals surface area contributed by atoms with Crippen LogP contribution in [0.2, 0.25) is 0 Å². The fraction of sp³-hybridized carbons (Fsp3) is 0.182. The standard InChI is InChI=1S/C22H20N2O3S3/c1-3-10-24-21(25)19-17(18-5-4-12-28-18)14-30-20(19)23-22(24)29-13-11-27-16-8-6-15(26-2)7-9-16/h3-9,12,14H,1,10-11,13H2,2H3. The Kier molecular flexibility index (Phi) is 6.56. The molecule has 0 aliphatic carbocycles. The third-order valence-electron chi connectivity index (χ3n) is 4.40. The van der Waals surface area contributed by atoms with Crippen molar-refractivity contribution in [2.45, 2.75) is 11.7 Å². The molecule has 0 atom stereocenters. The van der Waals surface area contributed by atoms with E-state index < -0.39 is 0 Å². The van der Waals surface area contributed by atoms with Crippen molar-refractivity contribution in [2.75, 3.05) is 19.5 Å². The quantitative estimate of drug-likeness (QED) is 0.143. The summed E-state index contributed by atoms with van der Waals surface area (Å²) >= 11 is 4.65. The molecule has 0 amide bonds. The first-order valence-corrected chi connectivity index (χ1v) is 12.0. The van der Waals surface area contributed by atoms with Crippen LogP contribution in [0, 0.1) is 0 Å². The Labute approximate surface area is 186 Å². The van der Waals surface area contributed by atoms with E-state index >= 15 is 0 Å². The van der Waals surface area contributed by atoms with Crippen LogP contribution in [-0.4, -0.2) is 29.0 Å².